The molecule has 1 aliphatic rings. The molecule has 1 aliphatic heterocycles. The van der Waals surface area contributed by atoms with Crippen molar-refractivity contribution in [3.63, 3.8) is 0 Å². The lowest BCUT2D eigenvalue weighted by atomic mass is 10.0. The first-order chi connectivity index (χ1) is 11.8. The van der Waals surface area contributed by atoms with Crippen molar-refractivity contribution in [1.82, 2.24) is 15.5 Å². The Balaban J connectivity index is 1.57. The predicted molar refractivity (Wildman–Crippen MR) is 98.1 cm³/mol. The number of nitrogens with one attached hydrogen (secondary N) is 2. The molecule has 124 valence electrons. The van der Waals surface area contributed by atoms with Crippen LogP contribution in [-0.2, 0) is 13.0 Å². The number of aromatic amines is 1. The van der Waals surface area contributed by atoms with E-state index >= 15 is 0 Å². The van der Waals surface area contributed by atoms with Gasteiger partial charge in [-0.3, -0.25) is 5.10 Å². The van der Waals surface area contributed by atoms with E-state index in [0.29, 0.717) is 12.6 Å². The average Bonchev–Trinajstić information content (AvgIpc) is 3.10. The Morgan fingerprint density at radius 3 is 2.79 bits per heavy atom. The van der Waals surface area contributed by atoms with Gasteiger partial charge in [-0.05, 0) is 35.7 Å². The van der Waals surface area contributed by atoms with Crippen LogP contribution in [0.25, 0.3) is 10.9 Å². The molecule has 0 saturated carbocycles. The SMILES string of the molecule is NCc1ccc(CC2CNCCN2c2ccc3[nH]ncc3c2)cc1. The van der Waals surface area contributed by atoms with E-state index < -0.39 is 0 Å². The summed E-state index contributed by atoms with van der Waals surface area (Å²) in [4.78, 5) is 2.51. The second-order valence-corrected chi connectivity index (χ2v) is 6.42. The highest BCUT2D eigenvalue weighted by atomic mass is 15.2. The van der Waals surface area contributed by atoms with Gasteiger partial charge < -0.3 is 16.0 Å². The monoisotopic (exact) mass is 321 g/mol. The van der Waals surface area contributed by atoms with Crippen LogP contribution in [0.1, 0.15) is 11.1 Å². The Labute approximate surface area is 141 Å². The van der Waals surface area contributed by atoms with Crippen LogP contribution in [0.15, 0.2) is 48.7 Å². The molecule has 1 fully saturated rings. The molecule has 0 spiro atoms. The predicted octanol–water partition coefficient (Wildman–Crippen LogP) is 2.04. The fourth-order valence-corrected chi connectivity index (χ4v) is 3.48. The van der Waals surface area contributed by atoms with E-state index in [-0.39, 0.29) is 0 Å². The number of aromatic nitrogens is 2. The minimum atomic E-state index is 0.451. The van der Waals surface area contributed by atoms with Gasteiger partial charge in [0.2, 0.25) is 0 Å². The van der Waals surface area contributed by atoms with Crippen molar-refractivity contribution >= 4 is 16.6 Å². The maximum atomic E-state index is 5.69. The molecule has 0 aliphatic carbocycles. The summed E-state index contributed by atoms with van der Waals surface area (Å²) >= 11 is 0. The summed E-state index contributed by atoms with van der Waals surface area (Å²) in [7, 11) is 0. The zero-order valence-electron chi connectivity index (χ0n) is 13.7. The molecule has 4 N–H and O–H groups in total. The highest BCUT2D eigenvalue weighted by Crippen LogP contribution is 2.24. The Bertz CT molecular complexity index is 808. The number of rotatable bonds is 4. The number of fused-ring (bicyclic) bond motifs is 1. The molecule has 24 heavy (non-hydrogen) atoms. The molecule has 0 radical (unpaired) electrons. The first-order valence-corrected chi connectivity index (χ1v) is 8.52. The molecule has 0 amide bonds. The normalized spacial score (nSPS) is 18.2. The lowest BCUT2D eigenvalue weighted by Crippen LogP contribution is -2.52. The van der Waals surface area contributed by atoms with Crippen LogP contribution < -0.4 is 16.0 Å². The molecule has 2 heterocycles. The smallest absolute Gasteiger partial charge is 0.0651 e. The highest BCUT2D eigenvalue weighted by molar-refractivity contribution is 5.82. The van der Waals surface area contributed by atoms with E-state index in [4.69, 9.17) is 5.73 Å². The maximum absolute atomic E-state index is 5.69. The Kier molecular flexibility index (Phi) is 4.19. The number of piperazine rings is 1. The van der Waals surface area contributed by atoms with E-state index in [1.54, 1.807) is 0 Å². The van der Waals surface area contributed by atoms with Gasteiger partial charge in [0.25, 0.3) is 0 Å². The van der Waals surface area contributed by atoms with E-state index in [9.17, 15) is 0 Å². The molecule has 5 nitrogen and oxygen atoms in total. The molecule has 4 rings (SSSR count). The van der Waals surface area contributed by atoms with Gasteiger partial charge in [0.05, 0.1) is 11.7 Å². The van der Waals surface area contributed by atoms with E-state index in [2.05, 4.69) is 62.9 Å². The molecule has 1 atom stereocenters. The molecular weight excluding hydrogens is 298 g/mol. The Morgan fingerprint density at radius 2 is 1.96 bits per heavy atom. The van der Waals surface area contributed by atoms with Crippen LogP contribution in [0.3, 0.4) is 0 Å². The van der Waals surface area contributed by atoms with Crippen molar-refractivity contribution in [2.45, 2.75) is 19.0 Å². The largest absolute Gasteiger partial charge is 0.366 e. The standard InChI is InChI=1S/C19H23N5/c20-11-15-3-1-14(2-4-15)9-18-13-21-7-8-24(18)17-5-6-19-16(10-17)12-22-23-19/h1-6,10,12,18,21H,7-9,11,13,20H2,(H,22,23). The van der Waals surface area contributed by atoms with Crippen LogP contribution >= 0.6 is 0 Å². The van der Waals surface area contributed by atoms with Crippen molar-refractivity contribution in [1.29, 1.82) is 0 Å². The summed E-state index contributed by atoms with van der Waals surface area (Å²) in [6.07, 6.45) is 2.92. The van der Waals surface area contributed by atoms with Crippen LogP contribution in [0, 0.1) is 0 Å². The number of nitrogens with zero attached hydrogens (tertiary/aromatic N) is 2. The van der Waals surface area contributed by atoms with E-state index in [1.165, 1.54) is 16.8 Å². The van der Waals surface area contributed by atoms with Gasteiger partial charge in [0, 0.05) is 43.3 Å². The molecule has 1 aromatic heterocycles. The summed E-state index contributed by atoms with van der Waals surface area (Å²) in [5.74, 6) is 0. The lowest BCUT2D eigenvalue weighted by molar-refractivity contribution is 0.473. The summed E-state index contributed by atoms with van der Waals surface area (Å²) in [6, 6.07) is 15.7. The van der Waals surface area contributed by atoms with Crippen molar-refractivity contribution in [2.24, 2.45) is 5.73 Å². The highest BCUT2D eigenvalue weighted by Gasteiger charge is 2.23. The van der Waals surface area contributed by atoms with Gasteiger partial charge in [-0.25, -0.2) is 0 Å². The first-order valence-electron chi connectivity index (χ1n) is 8.52. The van der Waals surface area contributed by atoms with Gasteiger partial charge in [-0.1, -0.05) is 24.3 Å². The second kappa shape index (κ2) is 6.63. The number of H-pyrrole nitrogens is 1. The quantitative estimate of drug-likeness (QED) is 0.688. The molecule has 2 aromatic carbocycles. The van der Waals surface area contributed by atoms with Gasteiger partial charge >= 0.3 is 0 Å². The molecule has 1 saturated heterocycles. The number of hydrogen-bond donors (Lipinski definition) is 3. The topological polar surface area (TPSA) is 70.0 Å². The molecule has 1 unspecified atom stereocenters. The fourth-order valence-electron chi connectivity index (χ4n) is 3.48. The van der Waals surface area contributed by atoms with Crippen LogP contribution in [0.4, 0.5) is 5.69 Å². The third-order valence-electron chi connectivity index (χ3n) is 4.84. The third-order valence-corrected chi connectivity index (χ3v) is 4.84. The fraction of sp³-hybridized carbons (Fsp3) is 0.316. The number of hydrogen-bond acceptors (Lipinski definition) is 4. The van der Waals surface area contributed by atoms with Crippen molar-refractivity contribution in [3.8, 4) is 0 Å². The van der Waals surface area contributed by atoms with E-state index in [1.807, 2.05) is 6.20 Å². The Hall–Kier alpha value is -2.37. The molecule has 5 heteroatoms. The summed E-state index contributed by atoms with van der Waals surface area (Å²) in [5, 5.41) is 11.8. The van der Waals surface area contributed by atoms with Crippen LogP contribution in [0.5, 0.6) is 0 Å². The average molecular weight is 321 g/mol. The summed E-state index contributed by atoms with van der Waals surface area (Å²) in [5.41, 5.74) is 10.6. The minimum absolute atomic E-state index is 0.451. The van der Waals surface area contributed by atoms with Crippen molar-refractivity contribution in [2.75, 3.05) is 24.5 Å². The van der Waals surface area contributed by atoms with Gasteiger partial charge in [-0.15, -0.1) is 0 Å². The van der Waals surface area contributed by atoms with Crippen LogP contribution in [0.2, 0.25) is 0 Å². The number of anilines is 1. The third kappa shape index (κ3) is 3.00. The van der Waals surface area contributed by atoms with Crippen LogP contribution in [-0.4, -0.2) is 35.9 Å². The maximum Gasteiger partial charge on any atom is 0.0651 e. The molecule has 3 aromatic rings. The van der Waals surface area contributed by atoms with E-state index in [0.717, 1.165) is 37.0 Å². The van der Waals surface area contributed by atoms with Gasteiger partial charge in [-0.2, -0.15) is 5.10 Å². The minimum Gasteiger partial charge on any atom is -0.366 e. The zero-order valence-corrected chi connectivity index (χ0v) is 13.7. The summed E-state index contributed by atoms with van der Waals surface area (Å²) in [6.45, 7) is 3.64. The Morgan fingerprint density at radius 1 is 1.12 bits per heavy atom. The van der Waals surface area contributed by atoms with Crippen molar-refractivity contribution < 1.29 is 0 Å². The van der Waals surface area contributed by atoms with Gasteiger partial charge in [0.1, 0.15) is 0 Å². The number of benzene rings is 2. The second-order valence-electron chi connectivity index (χ2n) is 6.42. The molecular formula is C19H23N5. The molecule has 0 bridgehead atoms. The van der Waals surface area contributed by atoms with Gasteiger partial charge in [0.15, 0.2) is 0 Å². The summed E-state index contributed by atoms with van der Waals surface area (Å²) < 4.78 is 0. The van der Waals surface area contributed by atoms with Crippen molar-refractivity contribution in [3.05, 3.63) is 59.8 Å². The number of nitrogens with two attached hydrogens (primary N) is 1. The zero-order chi connectivity index (χ0) is 16.4. The first kappa shape index (κ1) is 15.2. The lowest BCUT2D eigenvalue weighted by Gasteiger charge is -2.38.